The first-order chi connectivity index (χ1) is 9.47. The molecule has 1 aromatic carbocycles. The highest BCUT2D eigenvalue weighted by atomic mass is 79.9. The fraction of sp³-hybridized carbons (Fsp3) is 0.533. The SMILES string of the molecule is CC(C)CN1CCN(c2ccc(Br)cc2C(=N)N)CC1. The number of amidine groups is 1. The van der Waals surface area contributed by atoms with Crippen LogP contribution >= 0.6 is 15.9 Å². The van der Waals surface area contributed by atoms with E-state index in [4.69, 9.17) is 11.1 Å². The summed E-state index contributed by atoms with van der Waals surface area (Å²) in [4.78, 5) is 4.84. The van der Waals surface area contributed by atoms with Gasteiger partial charge in [-0.1, -0.05) is 29.8 Å². The van der Waals surface area contributed by atoms with Crippen molar-refractivity contribution in [3.05, 3.63) is 28.2 Å². The van der Waals surface area contributed by atoms with E-state index >= 15 is 0 Å². The molecule has 1 fully saturated rings. The number of piperazine rings is 1. The van der Waals surface area contributed by atoms with Crippen LogP contribution in [0.25, 0.3) is 0 Å². The Morgan fingerprint density at radius 2 is 1.95 bits per heavy atom. The number of nitrogens with zero attached hydrogens (tertiary/aromatic N) is 2. The molecule has 0 amide bonds. The molecule has 0 unspecified atom stereocenters. The third-order valence-electron chi connectivity index (χ3n) is 3.59. The molecule has 4 nitrogen and oxygen atoms in total. The Hall–Kier alpha value is -1.07. The van der Waals surface area contributed by atoms with Gasteiger partial charge in [-0.05, 0) is 24.1 Å². The van der Waals surface area contributed by atoms with E-state index in [2.05, 4.69) is 45.6 Å². The van der Waals surface area contributed by atoms with E-state index in [1.54, 1.807) is 0 Å². The van der Waals surface area contributed by atoms with Gasteiger partial charge in [-0.15, -0.1) is 0 Å². The fourth-order valence-corrected chi connectivity index (χ4v) is 3.05. The van der Waals surface area contributed by atoms with Crippen LogP contribution in [0.1, 0.15) is 19.4 Å². The van der Waals surface area contributed by atoms with Gasteiger partial charge >= 0.3 is 0 Å². The van der Waals surface area contributed by atoms with Crippen molar-refractivity contribution in [1.29, 1.82) is 5.41 Å². The average molecular weight is 339 g/mol. The van der Waals surface area contributed by atoms with Crippen LogP contribution < -0.4 is 10.6 Å². The van der Waals surface area contributed by atoms with Crippen LogP contribution in [-0.4, -0.2) is 43.5 Å². The van der Waals surface area contributed by atoms with E-state index < -0.39 is 0 Å². The van der Waals surface area contributed by atoms with Crippen LogP contribution in [0.4, 0.5) is 5.69 Å². The zero-order valence-corrected chi connectivity index (χ0v) is 13.8. The molecule has 5 heteroatoms. The van der Waals surface area contributed by atoms with Gasteiger partial charge in [0.1, 0.15) is 5.84 Å². The summed E-state index contributed by atoms with van der Waals surface area (Å²) < 4.78 is 0.963. The van der Waals surface area contributed by atoms with Crippen LogP contribution in [0.5, 0.6) is 0 Å². The van der Waals surface area contributed by atoms with Crippen molar-refractivity contribution in [2.45, 2.75) is 13.8 Å². The van der Waals surface area contributed by atoms with E-state index in [1.165, 1.54) is 0 Å². The van der Waals surface area contributed by atoms with E-state index in [-0.39, 0.29) is 5.84 Å². The summed E-state index contributed by atoms with van der Waals surface area (Å²) in [5.74, 6) is 0.841. The molecule has 0 aliphatic carbocycles. The number of hydrogen-bond acceptors (Lipinski definition) is 3. The Labute approximate surface area is 129 Å². The maximum Gasteiger partial charge on any atom is 0.124 e. The van der Waals surface area contributed by atoms with Gasteiger partial charge in [0.2, 0.25) is 0 Å². The van der Waals surface area contributed by atoms with E-state index in [0.717, 1.165) is 48.4 Å². The fourth-order valence-electron chi connectivity index (χ4n) is 2.69. The van der Waals surface area contributed by atoms with Crippen LogP contribution in [0.15, 0.2) is 22.7 Å². The molecule has 0 radical (unpaired) electrons. The Kier molecular flexibility index (Phi) is 5.05. The van der Waals surface area contributed by atoms with Gasteiger partial charge in [0.05, 0.1) is 0 Å². The largest absolute Gasteiger partial charge is 0.384 e. The minimum Gasteiger partial charge on any atom is -0.384 e. The molecule has 0 bridgehead atoms. The Morgan fingerprint density at radius 3 is 2.50 bits per heavy atom. The minimum atomic E-state index is 0.130. The molecular formula is C15H23BrN4. The summed E-state index contributed by atoms with van der Waals surface area (Å²) >= 11 is 3.45. The van der Waals surface area contributed by atoms with Crippen molar-refractivity contribution in [3.8, 4) is 0 Å². The third-order valence-corrected chi connectivity index (χ3v) is 4.08. The van der Waals surface area contributed by atoms with Gasteiger partial charge in [-0.25, -0.2) is 0 Å². The van der Waals surface area contributed by atoms with E-state index in [1.807, 2.05) is 12.1 Å². The number of anilines is 1. The summed E-state index contributed by atoms with van der Waals surface area (Å²) in [6.45, 7) is 9.82. The van der Waals surface area contributed by atoms with Crippen LogP contribution in [0.2, 0.25) is 0 Å². The zero-order chi connectivity index (χ0) is 14.7. The van der Waals surface area contributed by atoms with Gasteiger partial charge < -0.3 is 10.6 Å². The molecule has 1 saturated heterocycles. The molecule has 0 aromatic heterocycles. The van der Waals surface area contributed by atoms with Gasteiger partial charge in [-0.3, -0.25) is 10.3 Å². The second kappa shape index (κ2) is 6.59. The van der Waals surface area contributed by atoms with Crippen molar-refractivity contribution < 1.29 is 0 Å². The first kappa shape index (κ1) is 15.3. The number of halogens is 1. The van der Waals surface area contributed by atoms with Crippen LogP contribution in [-0.2, 0) is 0 Å². The maximum atomic E-state index is 7.74. The number of nitrogens with one attached hydrogen (secondary N) is 1. The monoisotopic (exact) mass is 338 g/mol. The van der Waals surface area contributed by atoms with Gasteiger partial charge in [0, 0.05) is 48.4 Å². The molecule has 110 valence electrons. The maximum absolute atomic E-state index is 7.74. The lowest BCUT2D eigenvalue weighted by Crippen LogP contribution is -2.47. The number of nitrogen functional groups attached to an aromatic ring is 1. The molecule has 2 rings (SSSR count). The van der Waals surface area contributed by atoms with Gasteiger partial charge in [0.15, 0.2) is 0 Å². The number of rotatable bonds is 4. The molecule has 0 spiro atoms. The molecular weight excluding hydrogens is 316 g/mol. The van der Waals surface area contributed by atoms with Crippen molar-refractivity contribution >= 4 is 27.5 Å². The minimum absolute atomic E-state index is 0.130. The highest BCUT2D eigenvalue weighted by Crippen LogP contribution is 2.25. The molecule has 1 heterocycles. The summed E-state index contributed by atoms with van der Waals surface area (Å²) in [6.07, 6.45) is 0. The standard InChI is InChI=1S/C15H23BrN4/c1-11(2)10-19-5-7-20(8-6-19)14-4-3-12(16)9-13(14)15(17)18/h3-4,9,11H,5-8,10H2,1-2H3,(H3,17,18). The summed E-state index contributed by atoms with van der Waals surface area (Å²) in [7, 11) is 0. The van der Waals surface area contributed by atoms with Crippen molar-refractivity contribution in [1.82, 2.24) is 4.90 Å². The molecule has 20 heavy (non-hydrogen) atoms. The van der Waals surface area contributed by atoms with Gasteiger partial charge in [0.25, 0.3) is 0 Å². The number of benzene rings is 1. The Morgan fingerprint density at radius 1 is 1.30 bits per heavy atom. The van der Waals surface area contributed by atoms with E-state index in [9.17, 15) is 0 Å². The average Bonchev–Trinajstić information content (AvgIpc) is 2.39. The number of nitrogens with two attached hydrogens (primary N) is 1. The van der Waals surface area contributed by atoms with Gasteiger partial charge in [-0.2, -0.15) is 0 Å². The highest BCUT2D eigenvalue weighted by Gasteiger charge is 2.20. The lowest BCUT2D eigenvalue weighted by atomic mass is 10.1. The lowest BCUT2D eigenvalue weighted by molar-refractivity contribution is 0.231. The topological polar surface area (TPSA) is 56.4 Å². The normalized spacial score (nSPS) is 16.7. The quantitative estimate of drug-likeness (QED) is 0.655. The Balaban J connectivity index is 2.09. The first-order valence-corrected chi connectivity index (χ1v) is 7.88. The predicted octanol–water partition coefficient (Wildman–Crippen LogP) is 2.51. The Bertz CT molecular complexity index is 479. The smallest absolute Gasteiger partial charge is 0.124 e. The second-order valence-corrected chi connectivity index (χ2v) is 6.67. The molecule has 1 aliphatic rings. The highest BCUT2D eigenvalue weighted by molar-refractivity contribution is 9.10. The third kappa shape index (κ3) is 3.73. The van der Waals surface area contributed by atoms with Crippen molar-refractivity contribution in [2.24, 2.45) is 11.7 Å². The first-order valence-electron chi connectivity index (χ1n) is 7.08. The zero-order valence-electron chi connectivity index (χ0n) is 12.2. The summed E-state index contributed by atoms with van der Waals surface area (Å²) in [5.41, 5.74) is 7.60. The lowest BCUT2D eigenvalue weighted by Gasteiger charge is -2.37. The molecule has 1 aromatic rings. The van der Waals surface area contributed by atoms with Crippen molar-refractivity contribution in [2.75, 3.05) is 37.6 Å². The van der Waals surface area contributed by atoms with Crippen LogP contribution in [0.3, 0.4) is 0 Å². The predicted molar refractivity (Wildman–Crippen MR) is 88.6 cm³/mol. The van der Waals surface area contributed by atoms with Crippen LogP contribution in [0, 0.1) is 11.3 Å². The van der Waals surface area contributed by atoms with Crippen molar-refractivity contribution in [3.63, 3.8) is 0 Å². The molecule has 3 N–H and O–H groups in total. The summed E-state index contributed by atoms with van der Waals surface area (Å²) in [6, 6.07) is 6.00. The second-order valence-electron chi connectivity index (χ2n) is 5.76. The molecule has 0 saturated carbocycles. The molecule has 1 aliphatic heterocycles. The van der Waals surface area contributed by atoms with E-state index in [0.29, 0.717) is 5.92 Å². The molecule has 0 atom stereocenters. The number of hydrogen-bond donors (Lipinski definition) is 2. The summed E-state index contributed by atoms with van der Waals surface area (Å²) in [5, 5.41) is 7.74.